The Balaban J connectivity index is 1.57. The number of H-pyrrole nitrogens is 1. The molecule has 1 aliphatic heterocycles. The van der Waals surface area contributed by atoms with Crippen LogP contribution in [0.2, 0.25) is 0 Å². The molecule has 1 aromatic heterocycles. The number of benzene rings is 3. The summed E-state index contributed by atoms with van der Waals surface area (Å²) in [5, 5.41) is 4.14. The van der Waals surface area contributed by atoms with Gasteiger partial charge in [0, 0.05) is 39.3 Å². The van der Waals surface area contributed by atoms with E-state index >= 15 is 0 Å². The average molecular weight is 432 g/mol. The fourth-order valence-electron chi connectivity index (χ4n) is 4.38. The lowest BCUT2D eigenvalue weighted by atomic mass is 9.92. The summed E-state index contributed by atoms with van der Waals surface area (Å²) in [4.78, 5) is 19.6. The van der Waals surface area contributed by atoms with Gasteiger partial charge in [-0.15, -0.1) is 11.8 Å². The Morgan fingerprint density at radius 1 is 1.10 bits per heavy atom. The zero-order valence-electron chi connectivity index (χ0n) is 17.1. The predicted molar refractivity (Wildman–Crippen MR) is 124 cm³/mol. The number of aromatic amines is 1. The number of rotatable bonds is 3. The van der Waals surface area contributed by atoms with Crippen LogP contribution in [0.4, 0.5) is 14.9 Å². The van der Waals surface area contributed by atoms with E-state index in [2.05, 4.69) is 16.4 Å². The van der Waals surface area contributed by atoms with Crippen LogP contribution in [0.15, 0.2) is 77.7 Å². The van der Waals surface area contributed by atoms with Crippen molar-refractivity contribution in [3.8, 4) is 0 Å². The number of fused-ring (bicyclic) bond motifs is 3. The van der Waals surface area contributed by atoms with Crippen LogP contribution in [0.1, 0.15) is 22.9 Å². The first kappa shape index (κ1) is 19.7. The Morgan fingerprint density at radius 3 is 2.74 bits per heavy atom. The number of halogens is 1. The molecule has 1 atom stereocenters. The molecular formula is C25H22FN3OS. The molecule has 3 aromatic carbocycles. The molecule has 4 aromatic rings. The minimum absolute atomic E-state index is 0.240. The molecule has 2 heterocycles. The summed E-state index contributed by atoms with van der Waals surface area (Å²) >= 11 is 1.62. The zero-order chi connectivity index (χ0) is 21.4. The molecular weight excluding hydrogens is 409 g/mol. The largest absolute Gasteiger partial charge is 0.356 e. The van der Waals surface area contributed by atoms with E-state index in [4.69, 9.17) is 0 Å². The lowest BCUT2D eigenvalue weighted by Gasteiger charge is -2.36. The van der Waals surface area contributed by atoms with Crippen molar-refractivity contribution in [3.63, 3.8) is 0 Å². The van der Waals surface area contributed by atoms with E-state index in [-0.39, 0.29) is 11.8 Å². The zero-order valence-corrected chi connectivity index (χ0v) is 17.9. The second-order valence-corrected chi connectivity index (χ2v) is 8.47. The topological polar surface area (TPSA) is 48.1 Å². The van der Waals surface area contributed by atoms with Crippen LogP contribution >= 0.6 is 11.8 Å². The normalized spacial score (nSPS) is 15.7. The minimum atomic E-state index is -0.527. The number of para-hydroxylation sites is 1. The van der Waals surface area contributed by atoms with E-state index in [9.17, 15) is 9.18 Å². The third kappa shape index (κ3) is 3.57. The van der Waals surface area contributed by atoms with Crippen molar-refractivity contribution in [2.24, 2.45) is 0 Å². The van der Waals surface area contributed by atoms with Gasteiger partial charge in [0.1, 0.15) is 11.9 Å². The molecule has 2 amide bonds. The fraction of sp³-hybridized carbons (Fsp3) is 0.160. The van der Waals surface area contributed by atoms with Crippen LogP contribution in [0.3, 0.4) is 0 Å². The first-order valence-electron chi connectivity index (χ1n) is 10.2. The van der Waals surface area contributed by atoms with Gasteiger partial charge in [-0.05, 0) is 48.6 Å². The van der Waals surface area contributed by atoms with Crippen LogP contribution in [-0.2, 0) is 6.42 Å². The van der Waals surface area contributed by atoms with Gasteiger partial charge in [-0.1, -0.05) is 42.5 Å². The summed E-state index contributed by atoms with van der Waals surface area (Å²) in [5.41, 5.74) is 4.25. The summed E-state index contributed by atoms with van der Waals surface area (Å²) < 4.78 is 14.9. The molecule has 0 fully saturated rings. The van der Waals surface area contributed by atoms with Gasteiger partial charge >= 0.3 is 6.03 Å². The van der Waals surface area contributed by atoms with Gasteiger partial charge in [0.15, 0.2) is 0 Å². The summed E-state index contributed by atoms with van der Waals surface area (Å²) in [6.45, 7) is 0.502. The van der Waals surface area contributed by atoms with Gasteiger partial charge in [0.25, 0.3) is 0 Å². The van der Waals surface area contributed by atoms with Crippen molar-refractivity contribution in [3.05, 3.63) is 95.4 Å². The quantitative estimate of drug-likeness (QED) is 0.379. The second-order valence-electron chi connectivity index (χ2n) is 7.59. The molecule has 156 valence electrons. The van der Waals surface area contributed by atoms with Crippen molar-refractivity contribution >= 4 is 34.4 Å². The maximum Gasteiger partial charge on any atom is 0.322 e. The van der Waals surface area contributed by atoms with Crippen molar-refractivity contribution in [1.82, 2.24) is 9.88 Å². The first-order valence-corrected chi connectivity index (χ1v) is 11.4. The van der Waals surface area contributed by atoms with E-state index in [1.54, 1.807) is 28.8 Å². The second kappa shape index (κ2) is 8.12. The molecule has 4 nitrogen and oxygen atoms in total. The number of urea groups is 1. The van der Waals surface area contributed by atoms with Gasteiger partial charge in [-0.25, -0.2) is 9.18 Å². The van der Waals surface area contributed by atoms with E-state index in [1.807, 2.05) is 54.8 Å². The number of hydrogen-bond acceptors (Lipinski definition) is 2. The Labute approximate surface area is 184 Å². The van der Waals surface area contributed by atoms with Gasteiger partial charge in [0.2, 0.25) is 0 Å². The third-order valence-corrected chi connectivity index (χ3v) is 6.54. The number of thioether (sulfide) groups is 1. The number of nitrogens with zero attached hydrogens (tertiary/aromatic N) is 1. The summed E-state index contributed by atoms with van der Waals surface area (Å²) in [7, 11) is 0. The highest BCUT2D eigenvalue weighted by molar-refractivity contribution is 7.98. The highest BCUT2D eigenvalue weighted by Gasteiger charge is 2.36. The molecule has 0 spiro atoms. The van der Waals surface area contributed by atoms with Gasteiger partial charge < -0.3 is 15.2 Å². The SMILES string of the molecule is CSc1cccc(NC(=O)N2CCc3c([nH]c4ccccc34)C2c2ccccc2F)c1. The van der Waals surface area contributed by atoms with Crippen molar-refractivity contribution in [1.29, 1.82) is 0 Å². The third-order valence-electron chi connectivity index (χ3n) is 5.82. The van der Waals surface area contributed by atoms with E-state index in [0.717, 1.165) is 32.7 Å². The molecule has 1 unspecified atom stereocenters. The highest BCUT2D eigenvalue weighted by Crippen LogP contribution is 2.39. The van der Waals surface area contributed by atoms with Gasteiger partial charge in [-0.3, -0.25) is 0 Å². The number of anilines is 1. The molecule has 0 saturated heterocycles. The first-order chi connectivity index (χ1) is 15.2. The van der Waals surface area contributed by atoms with Crippen molar-refractivity contribution in [2.45, 2.75) is 17.4 Å². The predicted octanol–water partition coefficient (Wildman–Crippen LogP) is 6.21. The standard InChI is InChI=1S/C25H22FN3OS/c1-31-17-8-6-7-16(15-17)27-25(30)29-14-13-19-18-9-3-5-12-22(18)28-23(19)24(29)20-10-2-4-11-21(20)26/h2-12,15,24,28H,13-14H2,1H3,(H,27,30). The van der Waals surface area contributed by atoms with E-state index in [1.165, 1.54) is 6.07 Å². The summed E-state index contributed by atoms with van der Waals surface area (Å²) in [6, 6.07) is 21.7. The maximum atomic E-state index is 14.9. The summed E-state index contributed by atoms with van der Waals surface area (Å²) in [6.07, 6.45) is 2.71. The number of carbonyl (C=O) groups is 1. The smallest absolute Gasteiger partial charge is 0.322 e. The molecule has 1 aliphatic rings. The monoisotopic (exact) mass is 431 g/mol. The van der Waals surface area contributed by atoms with Crippen LogP contribution in [-0.4, -0.2) is 28.7 Å². The van der Waals surface area contributed by atoms with Gasteiger partial charge in [0.05, 0.1) is 0 Å². The Morgan fingerprint density at radius 2 is 1.90 bits per heavy atom. The minimum Gasteiger partial charge on any atom is -0.356 e. The molecule has 0 aliphatic carbocycles. The molecule has 6 heteroatoms. The Hall–Kier alpha value is -3.25. The molecule has 0 bridgehead atoms. The maximum absolute atomic E-state index is 14.9. The number of nitrogens with one attached hydrogen (secondary N) is 2. The van der Waals surface area contributed by atoms with E-state index < -0.39 is 6.04 Å². The molecule has 2 N–H and O–H groups in total. The van der Waals surface area contributed by atoms with Crippen molar-refractivity contribution in [2.75, 3.05) is 18.1 Å². The number of amides is 2. The van der Waals surface area contributed by atoms with Crippen molar-refractivity contribution < 1.29 is 9.18 Å². The number of carbonyl (C=O) groups excluding carboxylic acids is 1. The van der Waals surface area contributed by atoms with Crippen LogP contribution in [0, 0.1) is 5.82 Å². The van der Waals surface area contributed by atoms with Crippen LogP contribution in [0.25, 0.3) is 10.9 Å². The fourth-order valence-corrected chi connectivity index (χ4v) is 4.84. The summed E-state index contributed by atoms with van der Waals surface area (Å²) in [5.74, 6) is -0.318. The highest BCUT2D eigenvalue weighted by atomic mass is 32.2. The van der Waals surface area contributed by atoms with Gasteiger partial charge in [-0.2, -0.15) is 0 Å². The molecule has 0 radical (unpaired) electrons. The lowest BCUT2D eigenvalue weighted by Crippen LogP contribution is -2.43. The molecule has 0 saturated carbocycles. The Kier molecular flexibility index (Phi) is 5.16. The number of hydrogen-bond donors (Lipinski definition) is 2. The lowest BCUT2D eigenvalue weighted by molar-refractivity contribution is 0.192. The molecule has 31 heavy (non-hydrogen) atoms. The van der Waals surface area contributed by atoms with Crippen LogP contribution < -0.4 is 5.32 Å². The van der Waals surface area contributed by atoms with Crippen LogP contribution in [0.5, 0.6) is 0 Å². The molecule has 5 rings (SSSR count). The van der Waals surface area contributed by atoms with E-state index in [0.29, 0.717) is 18.5 Å². The Bertz CT molecular complexity index is 1270. The average Bonchev–Trinajstić information content (AvgIpc) is 3.18. The number of aromatic nitrogens is 1.